The zero-order valence-electron chi connectivity index (χ0n) is 15.6. The van der Waals surface area contributed by atoms with Crippen LogP contribution in [0.4, 0.5) is 0 Å². The Morgan fingerprint density at radius 1 is 0.957 bits per heavy atom. The van der Waals surface area contributed by atoms with Gasteiger partial charge < -0.3 is 14.5 Å². The fraction of sp³-hybridized carbons (Fsp3) is 0.700. The monoisotopic (exact) mass is 318 g/mol. The summed E-state index contributed by atoms with van der Waals surface area (Å²) in [5, 5.41) is 0. The van der Waals surface area contributed by atoms with Crippen molar-refractivity contribution in [1.82, 2.24) is 9.80 Å². The highest BCUT2D eigenvalue weighted by Crippen LogP contribution is 2.29. The number of likely N-dealkylation sites (N-methyl/N-ethyl adjacent to an activating group) is 1. The first-order valence-corrected chi connectivity index (χ1v) is 9.13. The highest BCUT2D eigenvalue weighted by Gasteiger charge is 2.19. The molecule has 1 atom stereocenters. The van der Waals surface area contributed by atoms with Crippen molar-refractivity contribution in [1.29, 1.82) is 0 Å². The Morgan fingerprint density at radius 3 is 2.09 bits per heavy atom. The predicted molar refractivity (Wildman–Crippen MR) is 98.3 cm³/mol. The highest BCUT2D eigenvalue weighted by atomic mass is 16.5. The summed E-state index contributed by atoms with van der Waals surface area (Å²) in [6.07, 6.45) is 1.48. The van der Waals surface area contributed by atoms with E-state index in [2.05, 4.69) is 68.8 Å². The lowest BCUT2D eigenvalue weighted by Gasteiger charge is -2.33. The van der Waals surface area contributed by atoms with Gasteiger partial charge in [-0.25, -0.2) is 0 Å². The topological polar surface area (TPSA) is 15.7 Å². The minimum absolute atomic E-state index is 0.235. The molecule has 3 nitrogen and oxygen atoms in total. The van der Waals surface area contributed by atoms with Crippen molar-refractivity contribution in [2.45, 2.75) is 46.1 Å². The van der Waals surface area contributed by atoms with E-state index in [0.29, 0.717) is 11.8 Å². The van der Waals surface area contributed by atoms with E-state index >= 15 is 0 Å². The van der Waals surface area contributed by atoms with Crippen LogP contribution in [0.2, 0.25) is 0 Å². The van der Waals surface area contributed by atoms with Crippen molar-refractivity contribution in [3.8, 4) is 5.75 Å². The molecule has 0 bridgehead atoms. The largest absolute Gasteiger partial charge is 0.491 e. The van der Waals surface area contributed by atoms with Crippen molar-refractivity contribution in [2.24, 2.45) is 5.92 Å². The maximum Gasteiger partial charge on any atom is 0.119 e. The van der Waals surface area contributed by atoms with Gasteiger partial charge in [-0.1, -0.05) is 26.0 Å². The van der Waals surface area contributed by atoms with Gasteiger partial charge in [-0.2, -0.15) is 0 Å². The molecule has 1 saturated heterocycles. The van der Waals surface area contributed by atoms with Crippen molar-refractivity contribution in [3.05, 3.63) is 29.8 Å². The van der Waals surface area contributed by atoms with Crippen molar-refractivity contribution >= 4 is 0 Å². The van der Waals surface area contributed by atoms with Gasteiger partial charge in [0.2, 0.25) is 0 Å². The molecule has 0 aliphatic carbocycles. The van der Waals surface area contributed by atoms with Crippen molar-refractivity contribution < 1.29 is 4.74 Å². The van der Waals surface area contributed by atoms with Gasteiger partial charge in [0.1, 0.15) is 5.75 Å². The Morgan fingerprint density at radius 2 is 1.57 bits per heavy atom. The Labute approximate surface area is 142 Å². The Hall–Kier alpha value is -1.06. The van der Waals surface area contributed by atoms with Gasteiger partial charge in [-0.3, -0.25) is 0 Å². The lowest BCUT2D eigenvalue weighted by molar-refractivity contribution is 0.148. The third kappa shape index (κ3) is 5.82. The fourth-order valence-corrected chi connectivity index (χ4v) is 3.34. The van der Waals surface area contributed by atoms with E-state index in [-0.39, 0.29) is 6.10 Å². The summed E-state index contributed by atoms with van der Waals surface area (Å²) in [6.45, 7) is 14.9. The van der Waals surface area contributed by atoms with Gasteiger partial charge >= 0.3 is 0 Å². The maximum atomic E-state index is 5.76. The van der Waals surface area contributed by atoms with Crippen LogP contribution < -0.4 is 4.74 Å². The average molecular weight is 319 g/mol. The fourth-order valence-electron chi connectivity index (χ4n) is 3.34. The van der Waals surface area contributed by atoms with Crippen LogP contribution in [0.1, 0.15) is 45.6 Å². The minimum Gasteiger partial charge on any atom is -0.491 e. The first kappa shape index (κ1) is 18.3. The molecule has 1 aromatic rings. The van der Waals surface area contributed by atoms with Crippen LogP contribution in [-0.2, 0) is 0 Å². The molecule has 3 heteroatoms. The second-order valence-electron chi connectivity index (χ2n) is 7.52. The summed E-state index contributed by atoms with van der Waals surface area (Å²) >= 11 is 0. The van der Waals surface area contributed by atoms with E-state index in [0.717, 1.165) is 5.75 Å². The lowest BCUT2D eigenvalue weighted by Crippen LogP contribution is -2.45. The molecule has 1 aromatic carbocycles. The van der Waals surface area contributed by atoms with Crippen LogP contribution in [0.15, 0.2) is 24.3 Å². The average Bonchev–Trinajstić information content (AvgIpc) is 2.50. The molecule has 0 spiro atoms. The number of ether oxygens (including phenoxy) is 1. The van der Waals surface area contributed by atoms with Crippen LogP contribution in [0.3, 0.4) is 0 Å². The quantitative estimate of drug-likeness (QED) is 0.759. The lowest BCUT2D eigenvalue weighted by atomic mass is 9.85. The van der Waals surface area contributed by atoms with Gasteiger partial charge in [0, 0.05) is 26.2 Å². The molecule has 130 valence electrons. The number of hydrogen-bond donors (Lipinski definition) is 0. The van der Waals surface area contributed by atoms with E-state index in [1.165, 1.54) is 44.7 Å². The third-order valence-corrected chi connectivity index (χ3v) is 4.84. The second-order valence-corrected chi connectivity index (χ2v) is 7.52. The molecule has 23 heavy (non-hydrogen) atoms. The zero-order valence-corrected chi connectivity index (χ0v) is 15.6. The van der Waals surface area contributed by atoms with Crippen LogP contribution in [0, 0.1) is 5.92 Å². The maximum absolute atomic E-state index is 5.76. The summed E-state index contributed by atoms with van der Waals surface area (Å²) in [6, 6.07) is 8.76. The molecule has 0 saturated carbocycles. The van der Waals surface area contributed by atoms with E-state index in [4.69, 9.17) is 4.74 Å². The van der Waals surface area contributed by atoms with E-state index in [1.807, 2.05) is 0 Å². The first-order chi connectivity index (χ1) is 11.0. The van der Waals surface area contributed by atoms with Crippen molar-refractivity contribution in [2.75, 3.05) is 39.8 Å². The molecule has 0 N–H and O–H groups in total. The summed E-state index contributed by atoms with van der Waals surface area (Å²) in [7, 11) is 2.22. The van der Waals surface area contributed by atoms with E-state index < -0.39 is 0 Å². The standard InChI is InChI=1S/C20H34N2O/c1-16(2)20(10-11-22-14-12-21(5)13-15-22)18-6-8-19(9-7-18)23-17(3)4/h6-9,16-17,20H,10-15H2,1-5H3. The van der Waals surface area contributed by atoms with Crippen molar-refractivity contribution in [3.63, 3.8) is 0 Å². The van der Waals surface area contributed by atoms with Crippen LogP contribution in [-0.4, -0.2) is 55.7 Å². The summed E-state index contributed by atoms with van der Waals surface area (Å²) < 4.78 is 5.76. The summed E-state index contributed by atoms with van der Waals surface area (Å²) in [4.78, 5) is 5.04. The molecule has 1 unspecified atom stereocenters. The van der Waals surface area contributed by atoms with Crippen LogP contribution in [0.5, 0.6) is 5.75 Å². The molecule has 2 rings (SSSR count). The van der Waals surface area contributed by atoms with Gasteiger partial charge in [0.15, 0.2) is 0 Å². The minimum atomic E-state index is 0.235. The number of hydrogen-bond acceptors (Lipinski definition) is 3. The number of benzene rings is 1. The molecule has 0 aromatic heterocycles. The van der Waals surface area contributed by atoms with E-state index in [1.54, 1.807) is 0 Å². The smallest absolute Gasteiger partial charge is 0.119 e. The summed E-state index contributed by atoms with van der Waals surface area (Å²) in [5.74, 6) is 2.27. The molecule has 1 aliphatic heterocycles. The molecule has 1 aliphatic rings. The highest BCUT2D eigenvalue weighted by molar-refractivity contribution is 5.30. The van der Waals surface area contributed by atoms with Gasteiger partial charge in [0.05, 0.1) is 6.10 Å². The second kappa shape index (κ2) is 8.70. The molecule has 0 radical (unpaired) electrons. The molecule has 1 fully saturated rings. The van der Waals surface area contributed by atoms with Gasteiger partial charge in [-0.05, 0) is 63.4 Å². The first-order valence-electron chi connectivity index (χ1n) is 9.13. The number of piperazine rings is 1. The molecule has 1 heterocycles. The molecule has 0 amide bonds. The number of rotatable bonds is 7. The number of nitrogens with zero attached hydrogens (tertiary/aromatic N) is 2. The summed E-state index contributed by atoms with van der Waals surface area (Å²) in [5.41, 5.74) is 1.45. The van der Waals surface area contributed by atoms with Gasteiger partial charge in [-0.15, -0.1) is 0 Å². The third-order valence-electron chi connectivity index (χ3n) is 4.84. The zero-order chi connectivity index (χ0) is 16.8. The molecular weight excluding hydrogens is 284 g/mol. The normalized spacial score (nSPS) is 18.6. The van der Waals surface area contributed by atoms with Crippen LogP contribution >= 0.6 is 0 Å². The van der Waals surface area contributed by atoms with Gasteiger partial charge in [0.25, 0.3) is 0 Å². The Bertz CT molecular complexity index is 447. The Kier molecular flexibility index (Phi) is 6.91. The molecular formula is C20H34N2O. The Balaban J connectivity index is 1.92. The predicted octanol–water partition coefficient (Wildman–Crippen LogP) is 3.85. The van der Waals surface area contributed by atoms with Crippen LogP contribution in [0.25, 0.3) is 0 Å². The van der Waals surface area contributed by atoms with E-state index in [9.17, 15) is 0 Å². The SMILES string of the molecule is CC(C)Oc1ccc(C(CCN2CCN(C)CC2)C(C)C)cc1.